The van der Waals surface area contributed by atoms with Crippen molar-refractivity contribution in [2.45, 2.75) is 20.8 Å². The molecule has 114 valence electrons. The fourth-order valence-corrected chi connectivity index (χ4v) is 2.04. The summed E-state index contributed by atoms with van der Waals surface area (Å²) in [6.07, 6.45) is 0. The van der Waals surface area contributed by atoms with Crippen LogP contribution in [0.4, 0.5) is 5.69 Å². The zero-order valence-corrected chi connectivity index (χ0v) is 12.3. The molecule has 1 aromatic rings. The molecule has 1 aromatic carbocycles. The molecule has 0 saturated heterocycles. The molecule has 0 spiro atoms. The zero-order chi connectivity index (χ0) is 15.6. The van der Waals surface area contributed by atoms with Gasteiger partial charge in [0.15, 0.2) is 11.5 Å². The second kappa shape index (κ2) is 6.03. The Balaban J connectivity index is 2.30. The van der Waals surface area contributed by atoms with E-state index in [1.54, 1.807) is 39.0 Å². The van der Waals surface area contributed by atoms with Crippen molar-refractivity contribution in [3.63, 3.8) is 0 Å². The van der Waals surface area contributed by atoms with E-state index in [1.807, 2.05) is 0 Å². The molecular formula is C15H19NO5. The van der Waals surface area contributed by atoms with E-state index in [0.29, 0.717) is 17.2 Å². The zero-order valence-electron chi connectivity index (χ0n) is 12.3. The van der Waals surface area contributed by atoms with Gasteiger partial charge in [0.05, 0.1) is 5.92 Å². The molecule has 1 atom stereocenters. The molecule has 0 radical (unpaired) electrons. The van der Waals surface area contributed by atoms with Crippen LogP contribution >= 0.6 is 0 Å². The van der Waals surface area contributed by atoms with Crippen LogP contribution < -0.4 is 14.4 Å². The van der Waals surface area contributed by atoms with Crippen molar-refractivity contribution < 1.29 is 24.2 Å². The van der Waals surface area contributed by atoms with E-state index in [2.05, 4.69) is 0 Å². The summed E-state index contributed by atoms with van der Waals surface area (Å²) in [6, 6.07) is 5.17. The molecule has 6 nitrogen and oxygen atoms in total. The van der Waals surface area contributed by atoms with Gasteiger partial charge >= 0.3 is 5.97 Å². The molecule has 6 heteroatoms. The van der Waals surface area contributed by atoms with Gasteiger partial charge in [0.25, 0.3) is 0 Å². The summed E-state index contributed by atoms with van der Waals surface area (Å²) in [5.74, 6) is -0.743. The number of nitrogens with zero attached hydrogens (tertiary/aromatic N) is 1. The Morgan fingerprint density at radius 2 is 1.90 bits per heavy atom. The third-order valence-corrected chi connectivity index (χ3v) is 3.31. The third kappa shape index (κ3) is 3.26. The number of rotatable bonds is 5. The van der Waals surface area contributed by atoms with Gasteiger partial charge in [-0.25, -0.2) is 0 Å². The number of carbonyl (C=O) groups is 2. The van der Waals surface area contributed by atoms with Crippen LogP contribution in [0.2, 0.25) is 0 Å². The summed E-state index contributed by atoms with van der Waals surface area (Å²) < 4.78 is 10.5. The van der Waals surface area contributed by atoms with Crippen molar-refractivity contribution >= 4 is 17.6 Å². The number of carbonyl (C=O) groups excluding carboxylic acids is 1. The number of carboxylic acid groups (broad SMARTS) is 1. The molecule has 2 rings (SSSR count). The van der Waals surface area contributed by atoms with Gasteiger partial charge in [-0.2, -0.15) is 0 Å². The monoisotopic (exact) mass is 293 g/mol. The van der Waals surface area contributed by atoms with Gasteiger partial charge in [-0.1, -0.05) is 20.8 Å². The minimum absolute atomic E-state index is 0.117. The van der Waals surface area contributed by atoms with E-state index in [-0.39, 0.29) is 25.2 Å². The van der Waals surface area contributed by atoms with E-state index in [9.17, 15) is 9.59 Å². The molecule has 1 aliphatic heterocycles. The number of anilines is 1. The van der Waals surface area contributed by atoms with Gasteiger partial charge in [0, 0.05) is 24.2 Å². The molecule has 0 saturated carbocycles. The number of aliphatic carboxylic acids is 1. The van der Waals surface area contributed by atoms with Crippen LogP contribution in [-0.4, -0.2) is 30.3 Å². The van der Waals surface area contributed by atoms with Crippen molar-refractivity contribution in [1.29, 1.82) is 0 Å². The first-order chi connectivity index (χ1) is 9.90. The van der Waals surface area contributed by atoms with Crippen LogP contribution in [0.1, 0.15) is 20.8 Å². The summed E-state index contributed by atoms with van der Waals surface area (Å²) in [7, 11) is 0. The van der Waals surface area contributed by atoms with Crippen molar-refractivity contribution in [2.24, 2.45) is 11.8 Å². The van der Waals surface area contributed by atoms with Crippen LogP contribution in [0.15, 0.2) is 18.2 Å². The van der Waals surface area contributed by atoms with Crippen molar-refractivity contribution in [2.75, 3.05) is 18.2 Å². The smallest absolute Gasteiger partial charge is 0.308 e. The number of hydrogen-bond donors (Lipinski definition) is 1. The standard InChI is InChI=1S/C15H19NO5/c1-9(2)14(17)16(7-10(3)15(18)19)11-4-5-12-13(6-11)21-8-20-12/h4-6,9-10H,7-8H2,1-3H3,(H,18,19). The first-order valence-electron chi connectivity index (χ1n) is 6.84. The maximum atomic E-state index is 12.4. The maximum Gasteiger partial charge on any atom is 0.308 e. The number of carboxylic acids is 1. The molecule has 1 heterocycles. The molecule has 1 unspecified atom stereocenters. The normalized spacial score (nSPS) is 14.1. The van der Waals surface area contributed by atoms with Crippen LogP contribution in [0.25, 0.3) is 0 Å². The molecule has 1 N–H and O–H groups in total. The highest BCUT2D eigenvalue weighted by Crippen LogP contribution is 2.36. The topological polar surface area (TPSA) is 76.1 Å². The molecule has 21 heavy (non-hydrogen) atoms. The SMILES string of the molecule is CC(C)C(=O)N(CC(C)C(=O)O)c1ccc2c(c1)OCO2. The van der Waals surface area contributed by atoms with Crippen LogP contribution in [0.3, 0.4) is 0 Å². The van der Waals surface area contributed by atoms with Crippen molar-refractivity contribution in [1.82, 2.24) is 0 Å². The second-order valence-corrected chi connectivity index (χ2v) is 5.38. The lowest BCUT2D eigenvalue weighted by Gasteiger charge is -2.26. The van der Waals surface area contributed by atoms with E-state index in [4.69, 9.17) is 14.6 Å². The number of ether oxygens (including phenoxy) is 2. The highest BCUT2D eigenvalue weighted by Gasteiger charge is 2.25. The number of amides is 1. The molecule has 0 fully saturated rings. The predicted molar refractivity (Wildman–Crippen MR) is 76.6 cm³/mol. The van der Waals surface area contributed by atoms with E-state index in [1.165, 1.54) is 4.90 Å². The minimum Gasteiger partial charge on any atom is -0.481 e. The molecular weight excluding hydrogens is 274 g/mol. The average Bonchev–Trinajstić information content (AvgIpc) is 2.90. The molecule has 1 amide bonds. The Bertz CT molecular complexity index is 555. The lowest BCUT2D eigenvalue weighted by Crippen LogP contribution is -2.39. The van der Waals surface area contributed by atoms with Gasteiger partial charge in [-0.3, -0.25) is 9.59 Å². The Labute approximate surface area is 123 Å². The van der Waals surface area contributed by atoms with Gasteiger partial charge in [-0.15, -0.1) is 0 Å². The van der Waals surface area contributed by atoms with E-state index in [0.717, 1.165) is 0 Å². The Morgan fingerprint density at radius 3 is 2.52 bits per heavy atom. The minimum atomic E-state index is -0.933. The number of benzene rings is 1. The van der Waals surface area contributed by atoms with Crippen LogP contribution in [-0.2, 0) is 9.59 Å². The van der Waals surface area contributed by atoms with Crippen LogP contribution in [0.5, 0.6) is 11.5 Å². The summed E-state index contributed by atoms with van der Waals surface area (Å²) in [5, 5.41) is 9.07. The third-order valence-electron chi connectivity index (χ3n) is 3.31. The summed E-state index contributed by atoms with van der Waals surface area (Å²) >= 11 is 0. The Kier molecular flexibility index (Phi) is 4.35. The Hall–Kier alpha value is -2.24. The molecule has 0 aromatic heterocycles. The predicted octanol–water partition coefficient (Wildman–Crippen LogP) is 2.12. The van der Waals surface area contributed by atoms with Crippen molar-refractivity contribution in [3.8, 4) is 11.5 Å². The number of hydrogen-bond acceptors (Lipinski definition) is 4. The molecule has 0 bridgehead atoms. The average molecular weight is 293 g/mol. The van der Waals surface area contributed by atoms with Crippen LogP contribution in [0, 0.1) is 11.8 Å². The molecule has 0 aliphatic carbocycles. The first kappa shape index (κ1) is 15.2. The van der Waals surface area contributed by atoms with Crippen molar-refractivity contribution in [3.05, 3.63) is 18.2 Å². The fourth-order valence-electron chi connectivity index (χ4n) is 2.04. The lowest BCUT2D eigenvalue weighted by atomic mass is 10.1. The first-order valence-corrected chi connectivity index (χ1v) is 6.84. The van der Waals surface area contributed by atoms with Gasteiger partial charge < -0.3 is 19.5 Å². The van der Waals surface area contributed by atoms with Gasteiger partial charge in [-0.05, 0) is 12.1 Å². The fraction of sp³-hybridized carbons (Fsp3) is 0.467. The molecule has 1 aliphatic rings. The second-order valence-electron chi connectivity index (χ2n) is 5.38. The maximum absolute atomic E-state index is 12.4. The largest absolute Gasteiger partial charge is 0.481 e. The van der Waals surface area contributed by atoms with Gasteiger partial charge in [0.1, 0.15) is 0 Å². The summed E-state index contributed by atoms with van der Waals surface area (Å²) in [5.41, 5.74) is 0.617. The van der Waals surface area contributed by atoms with E-state index < -0.39 is 11.9 Å². The quantitative estimate of drug-likeness (QED) is 0.900. The number of fused-ring (bicyclic) bond motifs is 1. The highest BCUT2D eigenvalue weighted by molar-refractivity contribution is 5.95. The van der Waals surface area contributed by atoms with Gasteiger partial charge in [0.2, 0.25) is 12.7 Å². The summed E-state index contributed by atoms with van der Waals surface area (Å²) in [4.78, 5) is 24.9. The summed E-state index contributed by atoms with van der Waals surface area (Å²) in [6.45, 7) is 5.42. The van der Waals surface area contributed by atoms with E-state index >= 15 is 0 Å². The Morgan fingerprint density at radius 1 is 1.24 bits per heavy atom. The lowest BCUT2D eigenvalue weighted by molar-refractivity contribution is -0.140. The highest BCUT2D eigenvalue weighted by atomic mass is 16.7.